The molecule has 6 heteroatoms. The number of anilines is 1. The number of benzene rings is 1. The van der Waals surface area contributed by atoms with Crippen LogP contribution in [0.25, 0.3) is 0 Å². The number of carbonyl (C=O) groups excluding carboxylic acids is 1. The van der Waals surface area contributed by atoms with Crippen molar-refractivity contribution in [1.29, 1.82) is 0 Å². The molecule has 1 aromatic heterocycles. The molecule has 1 saturated heterocycles. The van der Waals surface area contributed by atoms with Crippen molar-refractivity contribution in [3.8, 4) is 0 Å². The van der Waals surface area contributed by atoms with Gasteiger partial charge in [-0.25, -0.2) is 9.97 Å². The minimum atomic E-state index is -0.106. The van der Waals surface area contributed by atoms with Gasteiger partial charge in [0.15, 0.2) is 0 Å². The van der Waals surface area contributed by atoms with Crippen molar-refractivity contribution in [2.24, 2.45) is 0 Å². The molecule has 0 bridgehead atoms. The van der Waals surface area contributed by atoms with E-state index in [9.17, 15) is 4.79 Å². The highest BCUT2D eigenvalue weighted by Gasteiger charge is 2.25. The first-order valence-electron chi connectivity index (χ1n) is 7.64. The molecule has 0 spiro atoms. The van der Waals surface area contributed by atoms with Crippen LogP contribution in [0.15, 0.2) is 30.5 Å². The van der Waals surface area contributed by atoms with E-state index in [0.29, 0.717) is 17.1 Å². The zero-order valence-electron chi connectivity index (χ0n) is 13.2. The molecule has 1 aromatic carbocycles. The van der Waals surface area contributed by atoms with Gasteiger partial charge in [0, 0.05) is 36.0 Å². The molecule has 120 valence electrons. The van der Waals surface area contributed by atoms with Crippen molar-refractivity contribution >= 4 is 23.2 Å². The highest BCUT2D eigenvalue weighted by molar-refractivity contribution is 6.30. The molecule has 1 aliphatic rings. The second-order valence-electron chi connectivity index (χ2n) is 5.80. The normalized spacial score (nSPS) is 17.3. The fraction of sp³-hybridized carbons (Fsp3) is 0.353. The number of halogens is 1. The maximum absolute atomic E-state index is 12.4. The smallest absolute Gasteiger partial charge is 0.254 e. The summed E-state index contributed by atoms with van der Waals surface area (Å²) in [7, 11) is 0. The Morgan fingerprint density at radius 1 is 1.30 bits per heavy atom. The summed E-state index contributed by atoms with van der Waals surface area (Å²) in [4.78, 5) is 23.0. The number of hydrogen-bond acceptors (Lipinski definition) is 4. The van der Waals surface area contributed by atoms with Crippen molar-refractivity contribution in [1.82, 2.24) is 15.3 Å². The van der Waals surface area contributed by atoms with E-state index in [1.54, 1.807) is 6.20 Å². The largest absolute Gasteiger partial charge is 0.369 e. The zero-order chi connectivity index (χ0) is 16.4. The van der Waals surface area contributed by atoms with Crippen molar-refractivity contribution in [2.75, 3.05) is 18.0 Å². The molecule has 2 heterocycles. The Labute approximate surface area is 140 Å². The molecular weight excluding hydrogens is 312 g/mol. The Kier molecular flexibility index (Phi) is 4.48. The van der Waals surface area contributed by atoms with Gasteiger partial charge in [-0.3, -0.25) is 4.79 Å². The van der Waals surface area contributed by atoms with E-state index >= 15 is 0 Å². The van der Waals surface area contributed by atoms with Crippen LogP contribution in [0, 0.1) is 13.8 Å². The number of hydrogen-bond donors (Lipinski definition) is 1. The SMILES string of the molecule is Cc1ncc(C(=O)N[C@H]2CCN(c3ccc(Cl)cc3)C2)c(C)n1. The van der Waals surface area contributed by atoms with Crippen LogP contribution < -0.4 is 10.2 Å². The summed E-state index contributed by atoms with van der Waals surface area (Å²) in [6.45, 7) is 5.35. The predicted molar refractivity (Wildman–Crippen MR) is 91.0 cm³/mol. The lowest BCUT2D eigenvalue weighted by Gasteiger charge is -2.19. The quantitative estimate of drug-likeness (QED) is 0.940. The Balaban J connectivity index is 1.63. The van der Waals surface area contributed by atoms with Crippen LogP contribution in [0.5, 0.6) is 0 Å². The third-order valence-corrected chi connectivity index (χ3v) is 4.31. The van der Waals surface area contributed by atoms with Crippen LogP contribution in [0.2, 0.25) is 5.02 Å². The summed E-state index contributed by atoms with van der Waals surface area (Å²) in [5.74, 6) is 0.569. The van der Waals surface area contributed by atoms with Crippen LogP contribution in [0.1, 0.15) is 28.3 Å². The molecule has 1 fully saturated rings. The summed E-state index contributed by atoms with van der Waals surface area (Å²) >= 11 is 5.92. The lowest BCUT2D eigenvalue weighted by Crippen LogP contribution is -2.37. The Bertz CT molecular complexity index is 717. The van der Waals surface area contributed by atoms with Gasteiger partial charge in [-0.05, 0) is 44.5 Å². The second-order valence-corrected chi connectivity index (χ2v) is 6.23. The summed E-state index contributed by atoms with van der Waals surface area (Å²) in [6, 6.07) is 7.90. The molecule has 0 saturated carbocycles. The Morgan fingerprint density at radius 3 is 2.74 bits per heavy atom. The average molecular weight is 331 g/mol. The maximum Gasteiger partial charge on any atom is 0.254 e. The van der Waals surface area contributed by atoms with Crippen molar-refractivity contribution < 1.29 is 4.79 Å². The van der Waals surface area contributed by atoms with Crippen LogP contribution >= 0.6 is 11.6 Å². The fourth-order valence-electron chi connectivity index (χ4n) is 2.83. The molecule has 1 N–H and O–H groups in total. The number of aromatic nitrogens is 2. The monoisotopic (exact) mass is 330 g/mol. The van der Waals surface area contributed by atoms with Crippen LogP contribution in [0.3, 0.4) is 0 Å². The first-order chi connectivity index (χ1) is 11.0. The minimum Gasteiger partial charge on any atom is -0.369 e. The molecule has 1 amide bonds. The molecule has 23 heavy (non-hydrogen) atoms. The highest BCUT2D eigenvalue weighted by Crippen LogP contribution is 2.22. The maximum atomic E-state index is 12.4. The van der Waals surface area contributed by atoms with Gasteiger partial charge in [-0.15, -0.1) is 0 Å². The molecule has 3 rings (SSSR count). The number of nitrogens with one attached hydrogen (secondary N) is 1. The molecule has 2 aromatic rings. The van der Waals surface area contributed by atoms with Gasteiger partial charge < -0.3 is 10.2 Å². The van der Waals surface area contributed by atoms with Crippen molar-refractivity contribution in [3.05, 3.63) is 52.6 Å². The van der Waals surface area contributed by atoms with Gasteiger partial charge in [0.25, 0.3) is 5.91 Å². The van der Waals surface area contributed by atoms with E-state index in [-0.39, 0.29) is 11.9 Å². The highest BCUT2D eigenvalue weighted by atomic mass is 35.5. The van der Waals surface area contributed by atoms with E-state index in [2.05, 4.69) is 20.2 Å². The van der Waals surface area contributed by atoms with Crippen molar-refractivity contribution in [3.63, 3.8) is 0 Å². The minimum absolute atomic E-state index is 0.106. The zero-order valence-corrected chi connectivity index (χ0v) is 14.0. The molecule has 5 nitrogen and oxygen atoms in total. The number of rotatable bonds is 3. The first kappa shape index (κ1) is 15.7. The van der Waals surface area contributed by atoms with Gasteiger partial charge in [0.05, 0.1) is 11.3 Å². The van der Waals surface area contributed by atoms with Gasteiger partial charge in [-0.2, -0.15) is 0 Å². The third-order valence-electron chi connectivity index (χ3n) is 4.06. The lowest BCUT2D eigenvalue weighted by atomic mass is 10.2. The molecular formula is C17H19ClN4O. The molecule has 1 aliphatic heterocycles. The summed E-state index contributed by atoms with van der Waals surface area (Å²) in [6.07, 6.45) is 2.51. The fourth-order valence-corrected chi connectivity index (χ4v) is 2.96. The number of carbonyl (C=O) groups is 1. The van der Waals surface area contributed by atoms with Crippen LogP contribution in [0.4, 0.5) is 5.69 Å². The van der Waals surface area contributed by atoms with E-state index in [1.165, 1.54) is 0 Å². The third kappa shape index (κ3) is 3.62. The lowest BCUT2D eigenvalue weighted by molar-refractivity contribution is 0.0939. The predicted octanol–water partition coefficient (Wildman–Crippen LogP) is 2.76. The van der Waals surface area contributed by atoms with E-state index < -0.39 is 0 Å². The van der Waals surface area contributed by atoms with Crippen LogP contribution in [-0.4, -0.2) is 35.0 Å². The Hall–Kier alpha value is -2.14. The number of amides is 1. The van der Waals surface area contributed by atoms with E-state index in [4.69, 9.17) is 11.6 Å². The molecule has 0 unspecified atom stereocenters. The average Bonchev–Trinajstić information content (AvgIpc) is 2.96. The van der Waals surface area contributed by atoms with Gasteiger partial charge in [-0.1, -0.05) is 11.6 Å². The molecule has 0 radical (unpaired) electrons. The summed E-state index contributed by atoms with van der Waals surface area (Å²) in [5.41, 5.74) is 2.38. The first-order valence-corrected chi connectivity index (χ1v) is 8.02. The number of nitrogens with zero attached hydrogens (tertiary/aromatic N) is 3. The molecule has 0 aliphatic carbocycles. The van der Waals surface area contributed by atoms with Crippen LogP contribution in [-0.2, 0) is 0 Å². The summed E-state index contributed by atoms with van der Waals surface area (Å²) in [5, 5.41) is 3.81. The van der Waals surface area contributed by atoms with E-state index in [0.717, 1.165) is 30.2 Å². The van der Waals surface area contributed by atoms with Gasteiger partial charge in [0.2, 0.25) is 0 Å². The number of aryl methyl sites for hydroxylation is 2. The standard InChI is InChI=1S/C17H19ClN4O/c1-11-16(9-19-12(2)20-11)17(23)21-14-7-8-22(10-14)15-5-3-13(18)4-6-15/h3-6,9,14H,7-8,10H2,1-2H3,(H,21,23)/t14-/m0/s1. The molecule has 1 atom stereocenters. The second kappa shape index (κ2) is 6.54. The Morgan fingerprint density at radius 2 is 2.04 bits per heavy atom. The van der Waals surface area contributed by atoms with Gasteiger partial charge in [0.1, 0.15) is 5.82 Å². The van der Waals surface area contributed by atoms with E-state index in [1.807, 2.05) is 38.1 Å². The van der Waals surface area contributed by atoms with Crippen molar-refractivity contribution in [2.45, 2.75) is 26.3 Å². The topological polar surface area (TPSA) is 58.1 Å². The van der Waals surface area contributed by atoms with Gasteiger partial charge >= 0.3 is 0 Å². The summed E-state index contributed by atoms with van der Waals surface area (Å²) < 4.78 is 0.